The summed E-state index contributed by atoms with van der Waals surface area (Å²) in [4.78, 5) is 2.21. The summed E-state index contributed by atoms with van der Waals surface area (Å²) in [6, 6.07) is 0.512. The van der Waals surface area contributed by atoms with E-state index in [1.165, 1.54) is 5.92 Å². The van der Waals surface area contributed by atoms with E-state index in [2.05, 4.69) is 50.7 Å². The summed E-state index contributed by atoms with van der Waals surface area (Å²) in [5, 5.41) is 1.14. The molecular formula is C9H15NS. The molecule has 1 aliphatic rings. The average Bonchev–Trinajstić information content (AvgIpc) is 2.33. The van der Waals surface area contributed by atoms with E-state index < -0.39 is 0 Å². The van der Waals surface area contributed by atoms with Gasteiger partial charge in [0.2, 0.25) is 0 Å². The molecule has 0 heterocycles. The van der Waals surface area contributed by atoms with Crippen molar-refractivity contribution in [2.75, 3.05) is 14.1 Å². The Bertz CT molecular complexity index is 154. The molecule has 0 N–H and O–H groups in total. The van der Waals surface area contributed by atoms with E-state index in [-0.39, 0.29) is 0 Å². The first-order valence-electron chi connectivity index (χ1n) is 3.88. The highest BCUT2D eigenvalue weighted by molar-refractivity contribution is 7.83. The quantitative estimate of drug-likeness (QED) is 0.618. The zero-order valence-electron chi connectivity index (χ0n) is 7.33. The molecular weight excluding hydrogens is 154 g/mol. The number of hydrogen-bond acceptors (Lipinski definition) is 2. The van der Waals surface area contributed by atoms with Crippen molar-refractivity contribution in [3.63, 3.8) is 0 Å². The summed E-state index contributed by atoms with van der Waals surface area (Å²) in [5.41, 5.74) is 0. The highest BCUT2D eigenvalue weighted by Crippen LogP contribution is 2.35. The minimum Gasteiger partial charge on any atom is -0.306 e. The molecule has 1 nitrogen and oxygen atoms in total. The van der Waals surface area contributed by atoms with Crippen molar-refractivity contribution in [1.29, 1.82) is 0 Å². The van der Waals surface area contributed by atoms with Crippen molar-refractivity contribution in [3.8, 4) is 0 Å². The van der Waals surface area contributed by atoms with Crippen LogP contribution in [0.4, 0.5) is 0 Å². The van der Waals surface area contributed by atoms with Crippen LogP contribution in [-0.4, -0.2) is 25.0 Å². The maximum Gasteiger partial charge on any atom is 0.0574 e. The molecule has 0 amide bonds. The van der Waals surface area contributed by atoms with Crippen molar-refractivity contribution in [1.82, 2.24) is 4.90 Å². The average molecular weight is 169 g/mol. The third-order valence-electron chi connectivity index (χ3n) is 2.22. The van der Waals surface area contributed by atoms with Crippen LogP contribution in [0.5, 0.6) is 0 Å². The predicted octanol–water partition coefficient (Wildman–Crippen LogP) is 1.93. The van der Waals surface area contributed by atoms with E-state index in [1.54, 1.807) is 0 Å². The summed E-state index contributed by atoms with van der Waals surface area (Å²) in [5.74, 6) is 1.43. The molecule has 0 fully saturated rings. The van der Waals surface area contributed by atoms with Gasteiger partial charge in [0.25, 0.3) is 0 Å². The van der Waals surface area contributed by atoms with Crippen molar-refractivity contribution in [2.45, 2.75) is 19.4 Å². The Morgan fingerprint density at radius 2 is 2.18 bits per heavy atom. The second-order valence-electron chi connectivity index (χ2n) is 3.16. The predicted molar refractivity (Wildman–Crippen MR) is 52.4 cm³/mol. The molecule has 0 unspecified atom stereocenters. The molecule has 0 aromatic carbocycles. The fourth-order valence-corrected chi connectivity index (χ4v) is 1.59. The molecule has 0 saturated carbocycles. The summed E-state index contributed by atoms with van der Waals surface area (Å²) < 4.78 is 0. The first-order valence-corrected chi connectivity index (χ1v) is 4.32. The molecule has 0 aromatic heterocycles. The van der Waals surface area contributed by atoms with E-state index >= 15 is 0 Å². The van der Waals surface area contributed by atoms with Gasteiger partial charge < -0.3 is 4.90 Å². The first-order chi connectivity index (χ1) is 5.13. The number of hydrogen-bond donors (Lipinski definition) is 1. The topological polar surface area (TPSA) is 3.24 Å². The van der Waals surface area contributed by atoms with Crippen LogP contribution in [0, 0.1) is 11.2 Å². The van der Waals surface area contributed by atoms with Crippen LogP contribution < -0.4 is 0 Å². The minimum atomic E-state index is 0.512. The number of allylic oxidation sites excluding steroid dienone is 1. The van der Waals surface area contributed by atoms with Gasteiger partial charge in [-0.15, -0.1) is 0 Å². The molecule has 62 valence electrons. The third-order valence-corrected chi connectivity index (χ3v) is 2.66. The Morgan fingerprint density at radius 1 is 1.55 bits per heavy atom. The van der Waals surface area contributed by atoms with Gasteiger partial charge in [-0.25, -0.2) is 0 Å². The highest BCUT2D eigenvalue weighted by Gasteiger charge is 2.27. The maximum atomic E-state index is 4.39. The molecule has 1 aliphatic carbocycles. The highest BCUT2D eigenvalue weighted by atomic mass is 32.1. The molecule has 2 radical (unpaired) electrons. The van der Waals surface area contributed by atoms with Gasteiger partial charge in [-0.3, -0.25) is 0 Å². The second kappa shape index (κ2) is 3.63. The monoisotopic (exact) mass is 169 g/mol. The third kappa shape index (κ3) is 2.00. The van der Waals surface area contributed by atoms with E-state index in [9.17, 15) is 0 Å². The molecule has 0 aromatic rings. The van der Waals surface area contributed by atoms with Gasteiger partial charge in [0.05, 0.1) is 5.25 Å². The zero-order chi connectivity index (χ0) is 8.43. The fourth-order valence-electron chi connectivity index (χ4n) is 1.21. The van der Waals surface area contributed by atoms with E-state index in [4.69, 9.17) is 0 Å². The fraction of sp³-hybridized carbons (Fsp3) is 0.556. The summed E-state index contributed by atoms with van der Waals surface area (Å²) in [6.07, 6.45) is 5.31. The Kier molecular flexibility index (Phi) is 3.02. The lowest BCUT2D eigenvalue weighted by Gasteiger charge is -2.27. The normalized spacial score (nSPS) is 23.4. The maximum absolute atomic E-state index is 4.39. The Morgan fingerprint density at radius 3 is 2.55 bits per heavy atom. The molecule has 0 bridgehead atoms. The molecule has 0 spiro atoms. The number of nitrogens with zero attached hydrogens (tertiary/aromatic N) is 1. The Balaban J connectivity index is 2.48. The zero-order valence-corrected chi connectivity index (χ0v) is 8.23. The van der Waals surface area contributed by atoms with Crippen LogP contribution in [0.2, 0.25) is 0 Å². The van der Waals surface area contributed by atoms with Crippen molar-refractivity contribution in [2.24, 2.45) is 0 Å². The van der Waals surface area contributed by atoms with Crippen molar-refractivity contribution in [3.05, 3.63) is 23.3 Å². The van der Waals surface area contributed by atoms with Gasteiger partial charge in [-0.1, -0.05) is 12.2 Å². The van der Waals surface area contributed by atoms with E-state index in [0.29, 0.717) is 6.04 Å². The van der Waals surface area contributed by atoms with Crippen LogP contribution in [-0.2, 0) is 0 Å². The molecule has 1 rings (SSSR count). The standard InChI is InChI=1S/C9H15NS/c1-7(10(2)3)8-5-4-6-9(8)11/h4,6-7,11H,5H2,1-3H3/t7-/m1/s1. The van der Waals surface area contributed by atoms with Crippen LogP contribution in [0.25, 0.3) is 0 Å². The van der Waals surface area contributed by atoms with Crippen LogP contribution in [0.3, 0.4) is 0 Å². The van der Waals surface area contributed by atoms with Gasteiger partial charge >= 0.3 is 0 Å². The lowest BCUT2D eigenvalue weighted by molar-refractivity contribution is 0.326. The van der Waals surface area contributed by atoms with Gasteiger partial charge in [-0.05, 0) is 27.4 Å². The van der Waals surface area contributed by atoms with Crippen LogP contribution in [0.1, 0.15) is 13.3 Å². The van der Waals surface area contributed by atoms with Crippen molar-refractivity contribution >= 4 is 12.6 Å². The van der Waals surface area contributed by atoms with Gasteiger partial charge in [0.1, 0.15) is 0 Å². The second-order valence-corrected chi connectivity index (χ2v) is 3.64. The Hall–Kier alpha value is 0.0500. The summed E-state index contributed by atoms with van der Waals surface area (Å²) in [7, 11) is 4.19. The molecule has 11 heavy (non-hydrogen) atoms. The van der Waals surface area contributed by atoms with Gasteiger partial charge in [0.15, 0.2) is 0 Å². The summed E-state index contributed by atoms with van der Waals surface area (Å²) in [6.45, 7) is 2.21. The first kappa shape index (κ1) is 9.14. The molecule has 0 saturated heterocycles. The van der Waals surface area contributed by atoms with E-state index in [0.717, 1.165) is 11.7 Å². The number of thiol groups is 1. The van der Waals surface area contributed by atoms with Gasteiger partial charge in [0, 0.05) is 12.0 Å². The smallest absolute Gasteiger partial charge is 0.0574 e. The van der Waals surface area contributed by atoms with Crippen LogP contribution in [0.15, 0.2) is 12.2 Å². The lowest BCUT2D eigenvalue weighted by Crippen LogP contribution is -2.31. The van der Waals surface area contributed by atoms with Crippen LogP contribution >= 0.6 is 12.6 Å². The number of rotatable bonds is 2. The van der Waals surface area contributed by atoms with Gasteiger partial charge in [-0.2, -0.15) is 12.6 Å². The molecule has 1 atom stereocenters. The summed E-state index contributed by atoms with van der Waals surface area (Å²) >= 11 is 4.39. The SMILES string of the molecule is C[C@H]([C]1CC=C[C]1S)N(C)C. The Labute approximate surface area is 74.9 Å². The minimum absolute atomic E-state index is 0.512. The van der Waals surface area contributed by atoms with Crippen molar-refractivity contribution < 1.29 is 0 Å². The largest absolute Gasteiger partial charge is 0.306 e. The van der Waals surface area contributed by atoms with E-state index in [1.807, 2.05) is 0 Å². The lowest BCUT2D eigenvalue weighted by atomic mass is 9.98. The molecule has 0 aliphatic heterocycles. The molecule has 2 heteroatoms.